The lowest BCUT2D eigenvalue weighted by molar-refractivity contribution is -0.137. The lowest BCUT2D eigenvalue weighted by Crippen LogP contribution is -2.34. The van der Waals surface area contributed by atoms with Gasteiger partial charge in [0, 0.05) is 17.6 Å². The first-order chi connectivity index (χ1) is 12.2. The Labute approximate surface area is 158 Å². The normalized spacial score (nSPS) is 16.4. The Morgan fingerprint density at radius 1 is 1.04 bits per heavy atom. The third-order valence-electron chi connectivity index (χ3n) is 4.18. The second-order valence-corrected chi connectivity index (χ2v) is 8.73. The zero-order chi connectivity index (χ0) is 18.9. The fraction of sp³-hybridized carbons (Fsp3) is 0.222. The minimum absolute atomic E-state index is 0.129. The van der Waals surface area contributed by atoms with E-state index in [0.29, 0.717) is 12.0 Å². The van der Waals surface area contributed by atoms with E-state index in [0.717, 1.165) is 22.2 Å². The van der Waals surface area contributed by atoms with Crippen molar-refractivity contribution in [3.05, 3.63) is 70.2 Å². The van der Waals surface area contributed by atoms with Crippen molar-refractivity contribution in [1.82, 2.24) is 4.31 Å². The van der Waals surface area contributed by atoms with Gasteiger partial charge in [-0.2, -0.15) is 17.5 Å². The maximum absolute atomic E-state index is 12.9. The van der Waals surface area contributed by atoms with E-state index in [4.69, 9.17) is 0 Å². The molecule has 26 heavy (non-hydrogen) atoms. The minimum atomic E-state index is -4.40. The van der Waals surface area contributed by atoms with Crippen molar-refractivity contribution < 1.29 is 21.6 Å². The first-order valence-electron chi connectivity index (χ1n) is 7.80. The van der Waals surface area contributed by atoms with Crippen LogP contribution in [-0.2, 0) is 16.2 Å². The average molecular weight is 446 g/mol. The number of hydrogen-bond acceptors (Lipinski definition) is 2. The van der Waals surface area contributed by atoms with Gasteiger partial charge in [-0.25, -0.2) is 8.42 Å². The molecule has 1 aliphatic heterocycles. The summed E-state index contributed by atoms with van der Waals surface area (Å²) in [6.45, 7) is 0.352. The monoisotopic (exact) mass is 445 g/mol. The van der Waals surface area contributed by atoms with Crippen LogP contribution >= 0.6 is 15.9 Å². The smallest absolute Gasteiger partial charge is 0.207 e. The molecule has 0 bridgehead atoms. The molecule has 0 radical (unpaired) electrons. The van der Waals surface area contributed by atoms with Crippen molar-refractivity contribution in [1.29, 1.82) is 0 Å². The summed E-state index contributed by atoms with van der Waals surface area (Å²) in [4.78, 5) is 0.191. The number of rotatable bonds is 3. The number of sulfonamides is 1. The van der Waals surface area contributed by atoms with Crippen molar-refractivity contribution in [3.63, 3.8) is 0 Å². The van der Waals surface area contributed by atoms with Gasteiger partial charge < -0.3 is 0 Å². The van der Waals surface area contributed by atoms with Crippen molar-refractivity contribution in [2.24, 2.45) is 0 Å². The van der Waals surface area contributed by atoms with Crippen LogP contribution in [0.2, 0.25) is 0 Å². The number of nitrogens with zero attached hydrogens (tertiary/aromatic N) is 1. The van der Waals surface area contributed by atoms with E-state index in [2.05, 4.69) is 15.9 Å². The highest BCUT2D eigenvalue weighted by Crippen LogP contribution is 2.33. The van der Waals surface area contributed by atoms with Crippen LogP contribution in [0.1, 0.15) is 17.5 Å². The molecule has 0 fully saturated rings. The maximum Gasteiger partial charge on any atom is 0.416 e. The molecule has 2 aromatic carbocycles. The largest absolute Gasteiger partial charge is 0.416 e. The van der Waals surface area contributed by atoms with E-state index < -0.39 is 21.8 Å². The Balaban J connectivity index is 1.81. The van der Waals surface area contributed by atoms with Gasteiger partial charge >= 0.3 is 6.18 Å². The summed E-state index contributed by atoms with van der Waals surface area (Å²) in [7, 11) is -3.63. The van der Waals surface area contributed by atoms with E-state index in [1.54, 1.807) is 24.3 Å². The average Bonchev–Trinajstić information content (AvgIpc) is 2.62. The van der Waals surface area contributed by atoms with Crippen LogP contribution in [0, 0.1) is 0 Å². The second kappa shape index (κ2) is 7.17. The lowest BCUT2D eigenvalue weighted by Gasteiger charge is -2.26. The van der Waals surface area contributed by atoms with Gasteiger partial charge in [-0.15, -0.1) is 0 Å². The Hall–Kier alpha value is -1.64. The summed E-state index contributed by atoms with van der Waals surface area (Å²) in [6.07, 6.45) is -2.37. The van der Waals surface area contributed by atoms with Gasteiger partial charge in [0.2, 0.25) is 10.0 Å². The zero-order valence-corrected chi connectivity index (χ0v) is 15.9. The Kier molecular flexibility index (Phi) is 5.28. The molecule has 0 atom stereocenters. The molecule has 0 aromatic heterocycles. The topological polar surface area (TPSA) is 37.4 Å². The molecule has 138 valence electrons. The predicted octanol–water partition coefficient (Wildman–Crippen LogP) is 4.95. The fourth-order valence-corrected chi connectivity index (χ4v) is 4.43. The summed E-state index contributed by atoms with van der Waals surface area (Å²) in [5.74, 6) is 0. The number of halogens is 4. The van der Waals surface area contributed by atoms with Gasteiger partial charge in [0.15, 0.2) is 0 Å². The molecule has 1 aliphatic rings. The molecule has 2 aromatic rings. The Bertz CT molecular complexity index is 938. The van der Waals surface area contributed by atoms with E-state index in [9.17, 15) is 21.6 Å². The van der Waals surface area contributed by atoms with Gasteiger partial charge in [0.1, 0.15) is 0 Å². The third-order valence-corrected chi connectivity index (χ3v) is 6.59. The summed E-state index contributed by atoms with van der Waals surface area (Å²) < 4.78 is 66.0. The predicted molar refractivity (Wildman–Crippen MR) is 96.9 cm³/mol. The van der Waals surface area contributed by atoms with Gasteiger partial charge in [-0.05, 0) is 54.0 Å². The zero-order valence-electron chi connectivity index (χ0n) is 13.5. The summed E-state index contributed by atoms with van der Waals surface area (Å²) >= 11 is 3.26. The molecular formula is C18H15BrF3NO2S. The molecular weight excluding hydrogens is 431 g/mol. The molecule has 0 saturated heterocycles. The molecule has 0 unspecified atom stereocenters. The van der Waals surface area contributed by atoms with Crippen LogP contribution in [0.3, 0.4) is 0 Å². The van der Waals surface area contributed by atoms with Crippen LogP contribution in [0.25, 0.3) is 5.57 Å². The van der Waals surface area contributed by atoms with E-state index in [1.165, 1.54) is 22.5 Å². The molecule has 0 aliphatic carbocycles. The van der Waals surface area contributed by atoms with Gasteiger partial charge in [-0.3, -0.25) is 0 Å². The van der Waals surface area contributed by atoms with Crippen LogP contribution in [-0.4, -0.2) is 25.8 Å². The number of benzene rings is 2. The third kappa shape index (κ3) is 4.02. The van der Waals surface area contributed by atoms with Crippen LogP contribution in [0.4, 0.5) is 13.2 Å². The van der Waals surface area contributed by atoms with Gasteiger partial charge in [0.05, 0.1) is 10.5 Å². The molecule has 1 heterocycles. The van der Waals surface area contributed by atoms with E-state index in [1.807, 2.05) is 0 Å². The molecule has 0 saturated carbocycles. The molecule has 3 rings (SSSR count). The second-order valence-electron chi connectivity index (χ2n) is 5.87. The van der Waals surface area contributed by atoms with E-state index in [-0.39, 0.29) is 18.0 Å². The highest BCUT2D eigenvalue weighted by atomic mass is 79.9. The molecule has 0 N–H and O–H groups in total. The minimum Gasteiger partial charge on any atom is -0.207 e. The van der Waals surface area contributed by atoms with Crippen molar-refractivity contribution in [2.45, 2.75) is 17.5 Å². The van der Waals surface area contributed by atoms with Crippen molar-refractivity contribution in [3.8, 4) is 0 Å². The maximum atomic E-state index is 12.9. The number of alkyl halides is 3. The van der Waals surface area contributed by atoms with Crippen LogP contribution in [0.5, 0.6) is 0 Å². The Morgan fingerprint density at radius 3 is 2.31 bits per heavy atom. The highest BCUT2D eigenvalue weighted by molar-refractivity contribution is 9.10. The molecule has 8 heteroatoms. The quantitative estimate of drug-likeness (QED) is 0.670. The Morgan fingerprint density at radius 2 is 1.73 bits per heavy atom. The molecule has 0 amide bonds. The van der Waals surface area contributed by atoms with Crippen molar-refractivity contribution >= 4 is 31.5 Å². The summed E-state index contributed by atoms with van der Waals surface area (Å²) in [5, 5.41) is 0. The summed E-state index contributed by atoms with van der Waals surface area (Å²) in [6, 6.07) is 11.4. The summed E-state index contributed by atoms with van der Waals surface area (Å²) in [5.41, 5.74) is 0.486. The van der Waals surface area contributed by atoms with Gasteiger partial charge in [0.25, 0.3) is 0 Å². The van der Waals surface area contributed by atoms with Crippen LogP contribution < -0.4 is 0 Å². The SMILES string of the molecule is O=S(=O)(c1ccc(Br)cc1)N1CC=C(c2cccc(C(F)(F)F)c2)CC1. The van der Waals surface area contributed by atoms with Crippen molar-refractivity contribution in [2.75, 3.05) is 13.1 Å². The first-order valence-corrected chi connectivity index (χ1v) is 10.0. The number of hydrogen-bond donors (Lipinski definition) is 0. The van der Waals surface area contributed by atoms with E-state index >= 15 is 0 Å². The fourth-order valence-electron chi connectivity index (χ4n) is 2.78. The lowest BCUT2D eigenvalue weighted by atomic mass is 9.98. The molecule has 3 nitrogen and oxygen atoms in total. The van der Waals surface area contributed by atoms with Gasteiger partial charge in [-0.1, -0.05) is 34.1 Å². The standard InChI is InChI=1S/C18H15BrF3NO2S/c19-16-4-6-17(7-5-16)26(24,25)23-10-8-13(9-11-23)14-2-1-3-15(12-14)18(20,21)22/h1-8,12H,9-11H2. The highest BCUT2D eigenvalue weighted by Gasteiger charge is 2.31. The van der Waals surface area contributed by atoms with Crippen LogP contribution in [0.15, 0.2) is 64.0 Å². The first kappa shape index (κ1) is 19.1. The molecule has 0 spiro atoms.